The van der Waals surface area contributed by atoms with Crippen LogP contribution >= 0.6 is 0 Å². The Hall–Kier alpha value is -7.78. The van der Waals surface area contributed by atoms with Gasteiger partial charge in [0.15, 0.2) is 0 Å². The largest absolute Gasteiger partial charge is 0.493 e. The van der Waals surface area contributed by atoms with Crippen molar-refractivity contribution in [2.75, 3.05) is 49.2 Å². The van der Waals surface area contributed by atoms with E-state index in [0.717, 1.165) is 125 Å². The van der Waals surface area contributed by atoms with E-state index in [1.807, 2.05) is 72.9 Å². The van der Waals surface area contributed by atoms with Crippen molar-refractivity contribution in [2.24, 2.45) is 0 Å². The molecule has 0 N–H and O–H groups in total. The van der Waals surface area contributed by atoms with Crippen molar-refractivity contribution in [2.45, 2.75) is 221 Å². The molecule has 0 aliphatic carbocycles. The Labute approximate surface area is 545 Å². The van der Waals surface area contributed by atoms with Crippen LogP contribution in [0.1, 0.15) is 288 Å². The highest BCUT2D eigenvalue weighted by atomic mass is 16.5. The van der Waals surface area contributed by atoms with Crippen LogP contribution < -0.4 is 19.3 Å². The molecule has 0 unspecified atom stereocenters. The summed E-state index contributed by atoms with van der Waals surface area (Å²) >= 11 is 0. The van der Waals surface area contributed by atoms with Crippen molar-refractivity contribution in [1.29, 1.82) is 21.0 Å². The second kappa shape index (κ2) is 44.6. The quantitative estimate of drug-likeness (QED) is 0.0279. The van der Waals surface area contributed by atoms with Crippen LogP contribution in [0, 0.1) is 45.3 Å². The maximum absolute atomic E-state index is 10.6. The zero-order chi connectivity index (χ0) is 64.2. The molecular weight excluding hydrogens is 1100 g/mol. The number of anilines is 2. The molecule has 0 bridgehead atoms. The van der Waals surface area contributed by atoms with E-state index in [2.05, 4.69) is 124 Å². The molecule has 90 heavy (non-hydrogen) atoms. The van der Waals surface area contributed by atoms with Gasteiger partial charge in [0.05, 0.1) is 59.7 Å². The van der Waals surface area contributed by atoms with E-state index in [0.29, 0.717) is 69.2 Å². The van der Waals surface area contributed by atoms with Gasteiger partial charge in [-0.3, -0.25) is 0 Å². The van der Waals surface area contributed by atoms with Crippen LogP contribution in [0.2, 0.25) is 0 Å². The SMILES string of the molecule is CCCCCCCCCCCCOc1cc(/C=C/c2cc(C#N)c(/C=C/c3ccc(N(CCCC)CCCC)cc3)cc2C#N)c(OCCCCCCCCCCCC)cc1/C=C/c1cc(C#N)c(/C=C/c2ccc(N(CCCC)CCCC)cc2)cc1C#N. The lowest BCUT2D eigenvalue weighted by atomic mass is 9.97. The summed E-state index contributed by atoms with van der Waals surface area (Å²) in [5.41, 5.74) is 10.6. The molecule has 0 aliphatic heterocycles. The average molecular weight is 1210 g/mol. The lowest BCUT2D eigenvalue weighted by Gasteiger charge is -2.24. The highest BCUT2D eigenvalue weighted by molar-refractivity contribution is 5.84. The molecule has 478 valence electrons. The van der Waals surface area contributed by atoms with Crippen LogP contribution in [-0.4, -0.2) is 39.4 Å². The van der Waals surface area contributed by atoms with E-state index >= 15 is 0 Å². The minimum Gasteiger partial charge on any atom is -0.493 e. The normalized spacial score (nSPS) is 11.4. The zero-order valence-corrected chi connectivity index (χ0v) is 56.2. The summed E-state index contributed by atoms with van der Waals surface area (Å²) in [5, 5.41) is 42.3. The van der Waals surface area contributed by atoms with Crippen LogP contribution in [0.25, 0.3) is 48.6 Å². The number of nitrogens with zero attached hydrogens (tertiary/aromatic N) is 6. The van der Waals surface area contributed by atoms with E-state index < -0.39 is 0 Å². The van der Waals surface area contributed by atoms with E-state index in [1.54, 1.807) is 12.1 Å². The van der Waals surface area contributed by atoms with Gasteiger partial charge < -0.3 is 19.3 Å². The van der Waals surface area contributed by atoms with Crippen LogP contribution in [0.3, 0.4) is 0 Å². The molecule has 0 saturated carbocycles. The van der Waals surface area contributed by atoms with Crippen LogP contribution in [0.5, 0.6) is 11.5 Å². The monoisotopic (exact) mass is 1210 g/mol. The number of rotatable bonds is 46. The summed E-state index contributed by atoms with van der Waals surface area (Å²) in [6.07, 6.45) is 49.2. The number of hydrogen-bond donors (Lipinski definition) is 0. The van der Waals surface area contributed by atoms with Crippen LogP contribution in [-0.2, 0) is 0 Å². The first-order valence-corrected chi connectivity index (χ1v) is 35.1. The fourth-order valence-electron chi connectivity index (χ4n) is 11.3. The number of nitriles is 4. The van der Waals surface area contributed by atoms with Gasteiger partial charge in [-0.05, 0) is 133 Å². The molecule has 0 radical (unpaired) electrons. The fourth-order valence-corrected chi connectivity index (χ4v) is 11.3. The van der Waals surface area contributed by atoms with Crippen molar-refractivity contribution in [3.63, 3.8) is 0 Å². The molecule has 8 heteroatoms. The van der Waals surface area contributed by atoms with Gasteiger partial charge in [0.1, 0.15) is 11.5 Å². The van der Waals surface area contributed by atoms with Gasteiger partial charge >= 0.3 is 0 Å². The van der Waals surface area contributed by atoms with Crippen LogP contribution in [0.15, 0.2) is 84.9 Å². The zero-order valence-electron chi connectivity index (χ0n) is 56.2. The van der Waals surface area contributed by atoms with E-state index in [9.17, 15) is 21.0 Å². The van der Waals surface area contributed by atoms with Crippen molar-refractivity contribution < 1.29 is 9.47 Å². The molecular formula is C82H108N6O2. The summed E-state index contributed by atoms with van der Waals surface area (Å²) in [6.45, 7) is 18.7. The minimum absolute atomic E-state index is 0.458. The first-order valence-electron chi connectivity index (χ1n) is 35.1. The lowest BCUT2D eigenvalue weighted by molar-refractivity contribution is 0.295. The predicted molar refractivity (Wildman–Crippen MR) is 386 cm³/mol. The Kier molecular flexibility index (Phi) is 36.2. The number of hydrogen-bond acceptors (Lipinski definition) is 8. The summed E-state index contributed by atoms with van der Waals surface area (Å²) in [4.78, 5) is 4.95. The van der Waals surface area contributed by atoms with Crippen molar-refractivity contribution >= 4 is 60.0 Å². The standard InChI is InChI=1S/C82H108N6O2/c1-7-13-19-21-23-25-27-29-31-33-55-89-81-61-74(46-44-72-60-76(64-84)70(58-78(72)66-86)42-36-68-39-49-80(50-40-68)88(53-17-11-5)54-18-12-6)82(90-56-34-32-30-28-26-24-22-20-14-8-2)62-73(81)45-43-71-59-75(63-83)69(57-77(71)65-85)41-35-67-37-47-79(48-38-67)87(51-15-9-3)52-16-10-4/h35-50,57-62H,7-34,51-56H2,1-6H3/b41-35+,42-36+,45-43+,46-44+. The molecule has 0 spiro atoms. The third-order valence-electron chi connectivity index (χ3n) is 17.0. The summed E-state index contributed by atoms with van der Waals surface area (Å²) in [5.74, 6) is 1.33. The summed E-state index contributed by atoms with van der Waals surface area (Å²) in [7, 11) is 0. The first-order chi connectivity index (χ1) is 44.3. The first kappa shape index (κ1) is 73.0. The molecule has 0 heterocycles. The molecule has 0 atom stereocenters. The van der Waals surface area contributed by atoms with Gasteiger partial charge in [-0.1, -0.05) is 256 Å². The van der Waals surface area contributed by atoms with Crippen molar-refractivity contribution in [3.8, 4) is 35.8 Å². The fraction of sp³-hybridized carbons (Fsp3) is 0.488. The number of ether oxygens (including phenoxy) is 2. The highest BCUT2D eigenvalue weighted by Crippen LogP contribution is 2.35. The molecule has 5 aromatic carbocycles. The lowest BCUT2D eigenvalue weighted by Crippen LogP contribution is -2.25. The second-order valence-corrected chi connectivity index (χ2v) is 24.4. The summed E-state index contributed by atoms with van der Waals surface area (Å²) in [6, 6.07) is 38.1. The molecule has 8 nitrogen and oxygen atoms in total. The maximum atomic E-state index is 10.6. The Morgan fingerprint density at radius 1 is 0.289 bits per heavy atom. The average Bonchev–Trinajstić information content (AvgIpc) is 1.25. The predicted octanol–water partition coefficient (Wildman–Crippen LogP) is 23.3. The molecule has 0 saturated heterocycles. The molecule has 0 aromatic heterocycles. The summed E-state index contributed by atoms with van der Waals surface area (Å²) < 4.78 is 13.5. The van der Waals surface area contributed by atoms with Gasteiger partial charge in [0, 0.05) is 48.7 Å². The molecule has 0 aliphatic rings. The third-order valence-corrected chi connectivity index (χ3v) is 17.0. The highest BCUT2D eigenvalue weighted by Gasteiger charge is 2.15. The van der Waals surface area contributed by atoms with Gasteiger partial charge in [0.25, 0.3) is 0 Å². The number of benzene rings is 5. The Balaban J connectivity index is 1.49. The Morgan fingerprint density at radius 3 is 0.800 bits per heavy atom. The van der Waals surface area contributed by atoms with Gasteiger partial charge in [-0.2, -0.15) is 21.0 Å². The smallest absolute Gasteiger partial charge is 0.127 e. The topological polar surface area (TPSA) is 120 Å². The second-order valence-electron chi connectivity index (χ2n) is 24.4. The van der Waals surface area contributed by atoms with Gasteiger partial charge in [-0.25, -0.2) is 0 Å². The van der Waals surface area contributed by atoms with E-state index in [4.69, 9.17) is 9.47 Å². The molecule has 5 rings (SSSR count). The third kappa shape index (κ3) is 26.4. The molecule has 0 fully saturated rings. The Morgan fingerprint density at radius 2 is 0.533 bits per heavy atom. The van der Waals surface area contributed by atoms with E-state index in [1.165, 1.54) is 114 Å². The maximum Gasteiger partial charge on any atom is 0.127 e. The minimum atomic E-state index is 0.458. The van der Waals surface area contributed by atoms with Gasteiger partial charge in [-0.15, -0.1) is 0 Å². The Bertz CT molecular complexity index is 2930. The van der Waals surface area contributed by atoms with Crippen molar-refractivity contribution in [3.05, 3.63) is 152 Å². The van der Waals surface area contributed by atoms with E-state index in [-0.39, 0.29) is 0 Å². The van der Waals surface area contributed by atoms with Crippen molar-refractivity contribution in [1.82, 2.24) is 0 Å². The van der Waals surface area contributed by atoms with Gasteiger partial charge in [0.2, 0.25) is 0 Å². The number of unbranched alkanes of at least 4 members (excludes halogenated alkanes) is 22. The molecule has 5 aromatic rings. The van der Waals surface area contributed by atoms with Crippen LogP contribution in [0.4, 0.5) is 11.4 Å². The molecule has 0 amide bonds.